The molecule has 0 spiro atoms. The van der Waals surface area contributed by atoms with Crippen molar-refractivity contribution >= 4 is 11.7 Å². The van der Waals surface area contributed by atoms with Crippen LogP contribution in [-0.2, 0) is 0 Å². The standard InChI is InChI=1S/C19H23N3/c1-7-13-16(10-4)18(11-5)22-19(20-12-6)21-17(14-8-2)15-9-3/h7-15H,1-2,4-6H2,3H3,(H,20,21)/b15-9-,16-13+,17-14+,22-18+. The highest BCUT2D eigenvalue weighted by molar-refractivity contribution is 6.14. The van der Waals surface area contributed by atoms with Crippen LogP contribution in [0.15, 0.2) is 109 Å². The first-order valence-corrected chi connectivity index (χ1v) is 6.74. The third-order valence-electron chi connectivity index (χ3n) is 2.35. The van der Waals surface area contributed by atoms with Gasteiger partial charge in [0.15, 0.2) is 0 Å². The number of nitrogens with zero attached hydrogens (tertiary/aromatic N) is 2. The van der Waals surface area contributed by atoms with E-state index in [9.17, 15) is 0 Å². The Kier molecular flexibility index (Phi) is 10.3. The maximum atomic E-state index is 4.45. The molecule has 0 heterocycles. The molecule has 1 N–H and O–H groups in total. The van der Waals surface area contributed by atoms with E-state index in [1.54, 1.807) is 30.4 Å². The summed E-state index contributed by atoms with van der Waals surface area (Å²) >= 11 is 0. The van der Waals surface area contributed by atoms with Crippen LogP contribution >= 0.6 is 0 Å². The summed E-state index contributed by atoms with van der Waals surface area (Å²) in [7, 11) is 0. The van der Waals surface area contributed by atoms with E-state index in [2.05, 4.69) is 48.2 Å². The lowest BCUT2D eigenvalue weighted by atomic mass is 10.1. The second-order valence-corrected chi connectivity index (χ2v) is 3.88. The predicted octanol–water partition coefficient (Wildman–Crippen LogP) is 4.65. The number of hydrogen-bond donors (Lipinski definition) is 1. The van der Waals surface area contributed by atoms with Crippen LogP contribution in [0.2, 0.25) is 0 Å². The fourth-order valence-corrected chi connectivity index (χ4v) is 1.48. The molecular formula is C19H23N3. The van der Waals surface area contributed by atoms with E-state index < -0.39 is 0 Å². The molecule has 0 aliphatic carbocycles. The Morgan fingerprint density at radius 2 is 1.64 bits per heavy atom. The van der Waals surface area contributed by atoms with E-state index >= 15 is 0 Å². The van der Waals surface area contributed by atoms with Crippen LogP contribution < -0.4 is 5.32 Å². The van der Waals surface area contributed by atoms with E-state index in [-0.39, 0.29) is 0 Å². The van der Waals surface area contributed by atoms with Crippen molar-refractivity contribution < 1.29 is 0 Å². The minimum Gasteiger partial charge on any atom is -0.324 e. The average molecular weight is 293 g/mol. The number of aliphatic imine (C=N–C) groups is 2. The molecule has 22 heavy (non-hydrogen) atoms. The smallest absolute Gasteiger partial charge is 0.227 e. The van der Waals surface area contributed by atoms with Crippen molar-refractivity contribution in [3.05, 3.63) is 99.0 Å². The third-order valence-corrected chi connectivity index (χ3v) is 2.35. The highest BCUT2D eigenvalue weighted by Crippen LogP contribution is 2.04. The van der Waals surface area contributed by atoms with Crippen molar-refractivity contribution in [3.63, 3.8) is 0 Å². The summed E-state index contributed by atoms with van der Waals surface area (Å²) in [5.41, 5.74) is 2.23. The van der Waals surface area contributed by atoms with Crippen LogP contribution in [-0.4, -0.2) is 11.7 Å². The molecule has 0 rings (SSSR count). The first kappa shape index (κ1) is 19.1. The third kappa shape index (κ3) is 7.01. The van der Waals surface area contributed by atoms with Gasteiger partial charge in [-0.25, -0.2) is 9.98 Å². The van der Waals surface area contributed by atoms with Crippen molar-refractivity contribution in [1.82, 2.24) is 5.32 Å². The van der Waals surface area contributed by atoms with E-state index in [4.69, 9.17) is 0 Å². The zero-order valence-electron chi connectivity index (χ0n) is 13.1. The minimum atomic E-state index is 0.382. The monoisotopic (exact) mass is 293 g/mol. The zero-order chi connectivity index (χ0) is 16.8. The van der Waals surface area contributed by atoms with E-state index in [1.807, 2.05) is 25.2 Å². The largest absolute Gasteiger partial charge is 0.324 e. The van der Waals surface area contributed by atoms with Crippen LogP contribution in [0.3, 0.4) is 0 Å². The van der Waals surface area contributed by atoms with Gasteiger partial charge in [-0.15, -0.1) is 0 Å². The Labute approximate surface area is 133 Å². The summed E-state index contributed by atoms with van der Waals surface area (Å²) in [6.07, 6.45) is 15.5. The molecule has 114 valence electrons. The molecule has 0 amide bonds. The molecule has 0 aromatic heterocycles. The topological polar surface area (TPSA) is 36.8 Å². The van der Waals surface area contributed by atoms with Gasteiger partial charge in [0.2, 0.25) is 5.96 Å². The van der Waals surface area contributed by atoms with Crippen molar-refractivity contribution in [2.75, 3.05) is 0 Å². The summed E-state index contributed by atoms with van der Waals surface area (Å²) in [5, 5.41) is 3.10. The Morgan fingerprint density at radius 1 is 0.955 bits per heavy atom. The van der Waals surface area contributed by atoms with Gasteiger partial charge in [0.1, 0.15) is 0 Å². The average Bonchev–Trinajstić information content (AvgIpc) is 2.51. The van der Waals surface area contributed by atoms with E-state index in [0.717, 1.165) is 11.3 Å². The fourth-order valence-electron chi connectivity index (χ4n) is 1.48. The first-order chi connectivity index (χ1) is 10.7. The molecule has 0 saturated heterocycles. The van der Waals surface area contributed by atoms with Gasteiger partial charge < -0.3 is 5.32 Å². The molecule has 0 unspecified atom stereocenters. The van der Waals surface area contributed by atoms with E-state index in [0.29, 0.717) is 11.7 Å². The van der Waals surface area contributed by atoms with Crippen molar-refractivity contribution in [2.45, 2.75) is 6.92 Å². The molecule has 0 saturated carbocycles. The molecule has 0 radical (unpaired) electrons. The lowest BCUT2D eigenvalue weighted by molar-refractivity contribution is 1.14. The van der Waals surface area contributed by atoms with Gasteiger partial charge in [0.05, 0.1) is 5.71 Å². The van der Waals surface area contributed by atoms with Gasteiger partial charge in [-0.3, -0.25) is 0 Å². The molecule has 0 aromatic rings. The Bertz CT molecular complexity index is 582. The number of guanidine groups is 1. The Balaban J connectivity index is 5.72. The maximum absolute atomic E-state index is 4.45. The Hall–Kier alpha value is -2.94. The van der Waals surface area contributed by atoms with E-state index in [1.165, 1.54) is 6.20 Å². The first-order valence-electron chi connectivity index (χ1n) is 6.74. The Morgan fingerprint density at radius 3 is 2.09 bits per heavy atom. The zero-order valence-corrected chi connectivity index (χ0v) is 13.1. The molecule has 3 nitrogen and oxygen atoms in total. The molecular weight excluding hydrogens is 270 g/mol. The fraction of sp³-hybridized carbons (Fsp3) is 0.0526. The van der Waals surface area contributed by atoms with Gasteiger partial charge >= 0.3 is 0 Å². The normalized spacial score (nSPS) is 13.7. The SMILES string of the molecule is C=C/C=C(\C=C/C)NC(=N/C=C)/N=C(C=C)/C(C=C)=C/C=C. The number of hydrogen-bond acceptors (Lipinski definition) is 1. The van der Waals surface area contributed by atoms with Gasteiger partial charge in [0.25, 0.3) is 0 Å². The molecule has 0 aliphatic rings. The molecule has 0 bridgehead atoms. The van der Waals surface area contributed by atoms with Crippen LogP contribution in [0.25, 0.3) is 0 Å². The maximum Gasteiger partial charge on any atom is 0.227 e. The minimum absolute atomic E-state index is 0.382. The second kappa shape index (κ2) is 11.9. The summed E-state index contributed by atoms with van der Waals surface area (Å²) in [6, 6.07) is 0. The quantitative estimate of drug-likeness (QED) is 0.395. The molecule has 0 fully saturated rings. The highest BCUT2D eigenvalue weighted by Gasteiger charge is 2.03. The number of rotatable bonds is 8. The van der Waals surface area contributed by atoms with Crippen LogP contribution in [0.4, 0.5) is 0 Å². The lowest BCUT2D eigenvalue weighted by Gasteiger charge is -2.08. The van der Waals surface area contributed by atoms with Crippen molar-refractivity contribution in [2.24, 2.45) is 9.98 Å². The lowest BCUT2D eigenvalue weighted by Crippen LogP contribution is -2.21. The summed E-state index contributed by atoms with van der Waals surface area (Å²) < 4.78 is 0. The molecule has 0 aromatic carbocycles. The highest BCUT2D eigenvalue weighted by atomic mass is 15.1. The van der Waals surface area contributed by atoms with Crippen molar-refractivity contribution in [3.8, 4) is 0 Å². The van der Waals surface area contributed by atoms with Crippen molar-refractivity contribution in [1.29, 1.82) is 0 Å². The predicted molar refractivity (Wildman–Crippen MR) is 100.0 cm³/mol. The summed E-state index contributed by atoms with van der Waals surface area (Å²) in [6.45, 7) is 20.4. The molecule has 3 heteroatoms. The van der Waals surface area contributed by atoms with Gasteiger partial charge in [-0.05, 0) is 30.7 Å². The number of allylic oxidation sites excluding steroid dienone is 9. The van der Waals surface area contributed by atoms with Gasteiger partial charge in [0, 0.05) is 11.9 Å². The van der Waals surface area contributed by atoms with Gasteiger partial charge in [-0.1, -0.05) is 63.3 Å². The van der Waals surface area contributed by atoms with Gasteiger partial charge in [-0.2, -0.15) is 0 Å². The van der Waals surface area contributed by atoms with Crippen LogP contribution in [0.1, 0.15) is 6.92 Å². The molecule has 0 atom stereocenters. The van der Waals surface area contributed by atoms with Crippen LogP contribution in [0, 0.1) is 0 Å². The second-order valence-electron chi connectivity index (χ2n) is 3.88. The summed E-state index contributed by atoms with van der Waals surface area (Å²) in [5.74, 6) is 0.382. The molecule has 0 aliphatic heterocycles. The van der Waals surface area contributed by atoms with Crippen LogP contribution in [0.5, 0.6) is 0 Å². The summed E-state index contributed by atoms with van der Waals surface area (Å²) in [4.78, 5) is 8.58. The number of nitrogens with one attached hydrogen (secondary N) is 1.